The summed E-state index contributed by atoms with van der Waals surface area (Å²) in [5.74, 6) is 0. The first-order chi connectivity index (χ1) is 16.3. The van der Waals surface area contributed by atoms with Gasteiger partial charge < -0.3 is 0 Å². The summed E-state index contributed by atoms with van der Waals surface area (Å²) in [5, 5.41) is 0. The molecule has 0 heterocycles. The Kier molecular flexibility index (Phi) is 5.38. The van der Waals surface area contributed by atoms with Gasteiger partial charge in [0.2, 0.25) is 0 Å². The SMILES string of the molecule is C=CC1=C(C=C)C2(C3=CCCC=C3c3ccccc32)c2cccc(-c3ccccc3)c21.CC. The first-order valence-corrected chi connectivity index (χ1v) is 12.0. The molecule has 0 aliphatic heterocycles. The topological polar surface area (TPSA) is 0 Å². The van der Waals surface area contributed by atoms with Crippen molar-refractivity contribution >= 4 is 11.1 Å². The molecule has 1 atom stereocenters. The first kappa shape index (κ1) is 21.2. The third-order valence-corrected chi connectivity index (χ3v) is 7.10. The van der Waals surface area contributed by atoms with E-state index in [1.807, 2.05) is 19.9 Å². The Balaban J connectivity index is 0.00000111. The molecule has 0 bridgehead atoms. The van der Waals surface area contributed by atoms with Gasteiger partial charge >= 0.3 is 0 Å². The van der Waals surface area contributed by atoms with Crippen LogP contribution in [0.25, 0.3) is 22.3 Å². The minimum absolute atomic E-state index is 0.311. The van der Waals surface area contributed by atoms with Gasteiger partial charge in [-0.2, -0.15) is 0 Å². The molecule has 0 N–H and O–H groups in total. The predicted molar refractivity (Wildman–Crippen MR) is 143 cm³/mol. The molecule has 0 fully saturated rings. The summed E-state index contributed by atoms with van der Waals surface area (Å²) in [4.78, 5) is 0. The van der Waals surface area contributed by atoms with Crippen LogP contribution in [0.3, 0.4) is 0 Å². The van der Waals surface area contributed by atoms with Crippen LogP contribution in [0.4, 0.5) is 0 Å². The normalized spacial score (nSPS) is 19.6. The number of benzene rings is 3. The first-order valence-electron chi connectivity index (χ1n) is 12.0. The fraction of sp³-hybridized carbons (Fsp3) is 0.152. The smallest absolute Gasteiger partial charge is 0.0722 e. The summed E-state index contributed by atoms with van der Waals surface area (Å²) < 4.78 is 0. The standard InChI is InChI=1S/C31H24.C2H6/c1-3-22-26(4-2)31(27-18-10-8-15-24(27)25-16-9-11-19-28(25)31)29-20-12-17-23(30(22)29)21-13-6-5-7-14-21;1-2/h3-8,10,12-20H,1-2,9,11H2;1-2H3. The molecule has 0 saturated carbocycles. The van der Waals surface area contributed by atoms with E-state index in [9.17, 15) is 0 Å². The summed E-state index contributed by atoms with van der Waals surface area (Å²) in [6, 6.07) is 26.4. The van der Waals surface area contributed by atoms with Gasteiger partial charge in [-0.25, -0.2) is 0 Å². The molecule has 162 valence electrons. The van der Waals surface area contributed by atoms with Crippen molar-refractivity contribution in [3.05, 3.63) is 144 Å². The summed E-state index contributed by atoms with van der Waals surface area (Å²) in [6.45, 7) is 12.6. The summed E-state index contributed by atoms with van der Waals surface area (Å²) in [5.41, 5.74) is 12.8. The van der Waals surface area contributed by atoms with E-state index >= 15 is 0 Å². The molecule has 0 amide bonds. The van der Waals surface area contributed by atoms with E-state index in [1.165, 1.54) is 55.7 Å². The van der Waals surface area contributed by atoms with Crippen LogP contribution in [0.15, 0.2) is 121 Å². The van der Waals surface area contributed by atoms with Gasteiger partial charge in [0.1, 0.15) is 0 Å². The Bertz CT molecular complexity index is 1340. The molecule has 3 aliphatic rings. The molecule has 1 spiro atoms. The van der Waals surface area contributed by atoms with E-state index in [-0.39, 0.29) is 5.41 Å². The van der Waals surface area contributed by atoms with Crippen LogP contribution in [0.2, 0.25) is 0 Å². The van der Waals surface area contributed by atoms with Gasteiger partial charge in [0.25, 0.3) is 0 Å². The van der Waals surface area contributed by atoms with Crippen molar-refractivity contribution in [3.8, 4) is 11.1 Å². The molecule has 0 saturated heterocycles. The molecule has 3 aromatic rings. The highest BCUT2D eigenvalue weighted by Gasteiger charge is 2.53. The molecule has 3 aromatic carbocycles. The van der Waals surface area contributed by atoms with E-state index in [0.717, 1.165) is 12.8 Å². The average molecular weight is 427 g/mol. The molecule has 3 aliphatic carbocycles. The highest BCUT2D eigenvalue weighted by atomic mass is 14.5. The van der Waals surface area contributed by atoms with Crippen molar-refractivity contribution in [1.82, 2.24) is 0 Å². The predicted octanol–water partition coefficient (Wildman–Crippen LogP) is 8.92. The van der Waals surface area contributed by atoms with Gasteiger partial charge in [-0.3, -0.25) is 0 Å². The zero-order valence-electron chi connectivity index (χ0n) is 19.6. The van der Waals surface area contributed by atoms with Crippen LogP contribution in [-0.4, -0.2) is 0 Å². The third-order valence-electron chi connectivity index (χ3n) is 7.10. The maximum Gasteiger partial charge on any atom is 0.0722 e. The quantitative estimate of drug-likeness (QED) is 0.392. The molecule has 33 heavy (non-hydrogen) atoms. The van der Waals surface area contributed by atoms with Crippen LogP contribution in [0.1, 0.15) is 48.9 Å². The van der Waals surface area contributed by atoms with E-state index in [2.05, 4.69) is 104 Å². The molecule has 0 nitrogen and oxygen atoms in total. The van der Waals surface area contributed by atoms with E-state index in [1.54, 1.807) is 0 Å². The number of hydrogen-bond donors (Lipinski definition) is 0. The van der Waals surface area contributed by atoms with Crippen molar-refractivity contribution in [2.75, 3.05) is 0 Å². The second kappa shape index (κ2) is 8.37. The number of allylic oxidation sites excluding steroid dienone is 8. The number of rotatable bonds is 3. The molecule has 1 unspecified atom stereocenters. The van der Waals surface area contributed by atoms with Crippen molar-refractivity contribution in [2.45, 2.75) is 32.1 Å². The Morgan fingerprint density at radius 1 is 0.697 bits per heavy atom. The second-order valence-electron chi connectivity index (χ2n) is 8.44. The van der Waals surface area contributed by atoms with Gasteiger partial charge in [-0.1, -0.05) is 124 Å². The van der Waals surface area contributed by atoms with E-state index < -0.39 is 0 Å². The Labute approximate surface area is 198 Å². The second-order valence-corrected chi connectivity index (χ2v) is 8.44. The lowest BCUT2D eigenvalue weighted by atomic mass is 9.68. The van der Waals surface area contributed by atoms with Crippen molar-refractivity contribution in [3.63, 3.8) is 0 Å². The lowest BCUT2D eigenvalue weighted by Gasteiger charge is -2.33. The maximum atomic E-state index is 4.30. The zero-order chi connectivity index (χ0) is 23.0. The molecule has 0 radical (unpaired) electrons. The van der Waals surface area contributed by atoms with Crippen LogP contribution in [-0.2, 0) is 5.41 Å². The van der Waals surface area contributed by atoms with Gasteiger partial charge in [0.15, 0.2) is 0 Å². The molecular weight excluding hydrogens is 396 g/mol. The molecular formula is C33H30. The minimum Gasteiger partial charge on any atom is -0.0987 e. The van der Waals surface area contributed by atoms with Gasteiger partial charge in [-0.15, -0.1) is 0 Å². The van der Waals surface area contributed by atoms with Crippen LogP contribution in [0.5, 0.6) is 0 Å². The molecule has 0 heteroatoms. The summed E-state index contributed by atoms with van der Waals surface area (Å²) >= 11 is 0. The minimum atomic E-state index is -0.311. The number of hydrogen-bond acceptors (Lipinski definition) is 0. The van der Waals surface area contributed by atoms with Crippen LogP contribution in [0, 0.1) is 0 Å². The summed E-state index contributed by atoms with van der Waals surface area (Å²) in [6.07, 6.45) is 11.2. The van der Waals surface area contributed by atoms with Crippen LogP contribution < -0.4 is 0 Å². The van der Waals surface area contributed by atoms with Crippen molar-refractivity contribution < 1.29 is 0 Å². The Morgan fingerprint density at radius 3 is 2.12 bits per heavy atom. The van der Waals surface area contributed by atoms with E-state index in [4.69, 9.17) is 0 Å². The Morgan fingerprint density at radius 2 is 1.36 bits per heavy atom. The highest BCUT2D eigenvalue weighted by Crippen LogP contribution is 2.64. The van der Waals surface area contributed by atoms with Crippen LogP contribution >= 0.6 is 0 Å². The zero-order valence-corrected chi connectivity index (χ0v) is 19.6. The molecule has 6 rings (SSSR count). The number of fused-ring (bicyclic) bond motifs is 7. The summed E-state index contributed by atoms with van der Waals surface area (Å²) in [7, 11) is 0. The van der Waals surface area contributed by atoms with Crippen molar-refractivity contribution in [1.29, 1.82) is 0 Å². The lowest BCUT2D eigenvalue weighted by Crippen LogP contribution is -2.27. The fourth-order valence-corrected chi connectivity index (χ4v) is 6.03. The van der Waals surface area contributed by atoms with Gasteiger partial charge in [0, 0.05) is 0 Å². The average Bonchev–Trinajstić information content (AvgIpc) is 3.36. The largest absolute Gasteiger partial charge is 0.0987 e. The fourth-order valence-electron chi connectivity index (χ4n) is 6.03. The highest BCUT2D eigenvalue weighted by molar-refractivity contribution is 6.04. The van der Waals surface area contributed by atoms with E-state index in [0.29, 0.717) is 0 Å². The molecule has 0 aromatic heterocycles. The Hall–Kier alpha value is -3.64. The lowest BCUT2D eigenvalue weighted by molar-refractivity contribution is 0.776. The van der Waals surface area contributed by atoms with Gasteiger partial charge in [0.05, 0.1) is 5.41 Å². The van der Waals surface area contributed by atoms with Crippen molar-refractivity contribution in [2.24, 2.45) is 0 Å². The van der Waals surface area contributed by atoms with Gasteiger partial charge in [-0.05, 0) is 68.5 Å². The maximum absolute atomic E-state index is 4.30. The monoisotopic (exact) mass is 426 g/mol. The third kappa shape index (κ3) is 2.77.